The summed E-state index contributed by atoms with van der Waals surface area (Å²) in [4.78, 5) is 17.4. The van der Waals surface area contributed by atoms with Crippen LogP contribution in [0.15, 0.2) is 30.6 Å². The molecule has 2 rings (SSSR count). The number of carbonyl (C=O) groups excluding carboxylic acids is 1. The highest BCUT2D eigenvalue weighted by molar-refractivity contribution is 6.30. The molecule has 1 aromatic rings. The maximum absolute atomic E-state index is 13.3. The van der Waals surface area contributed by atoms with Gasteiger partial charge in [-0.05, 0) is 25.0 Å². The molecule has 1 amide bonds. The van der Waals surface area contributed by atoms with Gasteiger partial charge >= 0.3 is 6.18 Å². The highest BCUT2D eigenvalue weighted by Gasteiger charge is 2.57. The molecular weight excluding hydrogens is 347 g/mol. The van der Waals surface area contributed by atoms with Crippen LogP contribution in [-0.2, 0) is 9.53 Å². The number of hydrogen-bond donors (Lipinski definition) is 1. The van der Waals surface area contributed by atoms with Gasteiger partial charge in [0.2, 0.25) is 0 Å². The summed E-state index contributed by atoms with van der Waals surface area (Å²) >= 11 is 5.70. The summed E-state index contributed by atoms with van der Waals surface area (Å²) in [5.74, 6) is -0.393. The van der Waals surface area contributed by atoms with Gasteiger partial charge in [-0.3, -0.25) is 4.79 Å². The minimum absolute atomic E-state index is 0.0721. The number of nitrogens with one attached hydrogen (secondary N) is 1. The predicted molar refractivity (Wildman–Crippen MR) is 83.6 cm³/mol. The molecule has 9 heteroatoms. The molecule has 132 valence electrons. The second kappa shape index (κ2) is 6.98. The molecule has 1 N–H and O–H groups in total. The summed E-state index contributed by atoms with van der Waals surface area (Å²) in [6, 6.07) is 3.02. The van der Waals surface area contributed by atoms with E-state index in [1.807, 2.05) is 0 Å². The third kappa shape index (κ3) is 3.81. The number of alkyl halides is 3. The van der Waals surface area contributed by atoms with Crippen molar-refractivity contribution in [3.8, 4) is 0 Å². The molecule has 1 aliphatic heterocycles. The first-order valence-electron chi connectivity index (χ1n) is 7.17. The van der Waals surface area contributed by atoms with Gasteiger partial charge in [0.1, 0.15) is 5.82 Å². The van der Waals surface area contributed by atoms with Crippen LogP contribution in [0.5, 0.6) is 0 Å². The number of methoxy groups -OCH3 is 1. The molecule has 0 aliphatic carbocycles. The Hall–Kier alpha value is -1.80. The lowest BCUT2D eigenvalue weighted by Gasteiger charge is -2.43. The third-order valence-corrected chi connectivity index (χ3v) is 4.20. The van der Waals surface area contributed by atoms with Gasteiger partial charge < -0.3 is 15.0 Å². The quantitative estimate of drug-likeness (QED) is 0.834. The van der Waals surface area contributed by atoms with Gasteiger partial charge in [0.25, 0.3) is 5.91 Å². The number of halogens is 4. The zero-order chi connectivity index (χ0) is 18.0. The van der Waals surface area contributed by atoms with E-state index in [1.54, 1.807) is 0 Å². The van der Waals surface area contributed by atoms with E-state index in [0.717, 1.165) is 7.11 Å². The number of rotatable bonds is 4. The van der Waals surface area contributed by atoms with Gasteiger partial charge in [-0.1, -0.05) is 18.2 Å². The SMILES string of the molecule is C=C(C(=O)Nc1ccc(Cl)cn1)N1CCC[C@@](OC)(C(F)(F)F)C1. The maximum atomic E-state index is 13.3. The molecule has 0 aromatic carbocycles. The van der Waals surface area contributed by atoms with Gasteiger partial charge in [0.15, 0.2) is 5.60 Å². The molecule has 24 heavy (non-hydrogen) atoms. The van der Waals surface area contributed by atoms with Crippen molar-refractivity contribution in [1.29, 1.82) is 0 Å². The minimum Gasteiger partial charge on any atom is -0.367 e. The Bertz CT molecular complexity index is 621. The van der Waals surface area contributed by atoms with Crippen molar-refractivity contribution >= 4 is 23.3 Å². The number of nitrogens with zero attached hydrogens (tertiary/aromatic N) is 2. The summed E-state index contributed by atoms with van der Waals surface area (Å²) in [5.41, 5.74) is -2.37. The van der Waals surface area contributed by atoms with Crippen LogP contribution in [0, 0.1) is 0 Å². The Morgan fingerprint density at radius 3 is 2.75 bits per heavy atom. The first kappa shape index (κ1) is 18.5. The molecule has 1 atom stereocenters. The summed E-state index contributed by atoms with van der Waals surface area (Å²) in [6.07, 6.45) is -3.11. The number of amides is 1. The zero-order valence-corrected chi connectivity index (χ0v) is 13.7. The predicted octanol–water partition coefficient (Wildman–Crippen LogP) is 3.23. The molecule has 1 aliphatic rings. The number of hydrogen-bond acceptors (Lipinski definition) is 4. The highest BCUT2D eigenvalue weighted by Crippen LogP contribution is 2.40. The van der Waals surface area contributed by atoms with Crippen molar-refractivity contribution in [2.75, 3.05) is 25.5 Å². The molecule has 1 saturated heterocycles. The number of carbonyl (C=O) groups is 1. The van der Waals surface area contributed by atoms with E-state index in [0.29, 0.717) is 11.6 Å². The highest BCUT2D eigenvalue weighted by atomic mass is 35.5. The number of likely N-dealkylation sites (tertiary alicyclic amines) is 1. The van der Waals surface area contributed by atoms with Crippen molar-refractivity contribution < 1.29 is 22.7 Å². The number of aromatic nitrogens is 1. The standard InChI is InChI=1S/C15H17ClF3N3O2/c1-10(13(23)21-12-5-4-11(16)8-20-12)22-7-3-6-14(9-22,24-2)15(17,18)19/h4-5,8H,1,3,6-7,9H2,2H3,(H,20,21,23)/t14-/m0/s1. The number of pyridine rings is 1. The molecule has 0 radical (unpaired) electrons. The van der Waals surface area contributed by atoms with Crippen LogP contribution in [0.25, 0.3) is 0 Å². The Kier molecular flexibility index (Phi) is 5.39. The average molecular weight is 364 g/mol. The molecule has 0 unspecified atom stereocenters. The Balaban J connectivity index is 2.08. The van der Waals surface area contributed by atoms with Crippen LogP contribution >= 0.6 is 11.6 Å². The Morgan fingerprint density at radius 1 is 1.50 bits per heavy atom. The zero-order valence-electron chi connectivity index (χ0n) is 13.0. The third-order valence-electron chi connectivity index (χ3n) is 3.98. The molecular formula is C15H17ClF3N3O2. The maximum Gasteiger partial charge on any atom is 0.419 e. The van der Waals surface area contributed by atoms with E-state index in [1.165, 1.54) is 23.2 Å². The van der Waals surface area contributed by atoms with Crippen LogP contribution in [-0.4, -0.2) is 47.8 Å². The second-order valence-electron chi connectivity index (χ2n) is 5.48. The summed E-state index contributed by atoms with van der Waals surface area (Å²) < 4.78 is 44.7. The molecule has 0 bridgehead atoms. The Morgan fingerprint density at radius 2 is 2.21 bits per heavy atom. The average Bonchev–Trinajstić information content (AvgIpc) is 2.55. The minimum atomic E-state index is -4.53. The van der Waals surface area contributed by atoms with Crippen molar-refractivity contribution in [3.63, 3.8) is 0 Å². The normalized spacial score (nSPS) is 21.5. The van der Waals surface area contributed by atoms with Gasteiger partial charge in [-0.15, -0.1) is 0 Å². The van der Waals surface area contributed by atoms with E-state index in [4.69, 9.17) is 16.3 Å². The molecule has 5 nitrogen and oxygen atoms in total. The smallest absolute Gasteiger partial charge is 0.367 e. The van der Waals surface area contributed by atoms with Gasteiger partial charge in [0.05, 0.1) is 17.3 Å². The van der Waals surface area contributed by atoms with Crippen LogP contribution < -0.4 is 5.32 Å². The lowest BCUT2D eigenvalue weighted by molar-refractivity contribution is -0.281. The first-order chi connectivity index (χ1) is 11.2. The topological polar surface area (TPSA) is 54.5 Å². The van der Waals surface area contributed by atoms with Crippen molar-refractivity contribution in [1.82, 2.24) is 9.88 Å². The molecule has 0 spiro atoms. The van der Waals surface area contributed by atoms with Gasteiger partial charge in [-0.25, -0.2) is 4.98 Å². The van der Waals surface area contributed by atoms with E-state index in [2.05, 4.69) is 16.9 Å². The van der Waals surface area contributed by atoms with E-state index >= 15 is 0 Å². The largest absolute Gasteiger partial charge is 0.419 e. The molecule has 1 aromatic heterocycles. The van der Waals surface area contributed by atoms with Crippen molar-refractivity contribution in [3.05, 3.63) is 35.6 Å². The first-order valence-corrected chi connectivity index (χ1v) is 7.55. The van der Waals surface area contributed by atoms with Crippen molar-refractivity contribution in [2.45, 2.75) is 24.6 Å². The number of ether oxygens (including phenoxy) is 1. The fraction of sp³-hybridized carbons (Fsp3) is 0.467. The van der Waals surface area contributed by atoms with E-state index in [9.17, 15) is 18.0 Å². The Labute approximate surface area is 142 Å². The number of piperidine rings is 1. The monoisotopic (exact) mass is 363 g/mol. The van der Waals surface area contributed by atoms with Gasteiger partial charge in [-0.2, -0.15) is 13.2 Å². The summed E-state index contributed by atoms with van der Waals surface area (Å²) in [5, 5.41) is 2.88. The van der Waals surface area contributed by atoms with E-state index in [-0.39, 0.29) is 24.4 Å². The lowest BCUT2D eigenvalue weighted by Crippen LogP contribution is -2.58. The lowest BCUT2D eigenvalue weighted by atomic mass is 9.91. The summed E-state index contributed by atoms with van der Waals surface area (Å²) in [7, 11) is 1.03. The molecule has 2 heterocycles. The number of anilines is 1. The molecule has 1 fully saturated rings. The van der Waals surface area contributed by atoms with Crippen LogP contribution in [0.3, 0.4) is 0 Å². The summed E-state index contributed by atoms with van der Waals surface area (Å²) in [6.45, 7) is 3.43. The van der Waals surface area contributed by atoms with Crippen LogP contribution in [0.1, 0.15) is 12.8 Å². The van der Waals surface area contributed by atoms with E-state index < -0.39 is 24.2 Å². The van der Waals surface area contributed by atoms with Gasteiger partial charge in [0, 0.05) is 19.9 Å². The fourth-order valence-electron chi connectivity index (χ4n) is 2.55. The molecule has 0 saturated carbocycles. The van der Waals surface area contributed by atoms with Crippen LogP contribution in [0.4, 0.5) is 19.0 Å². The van der Waals surface area contributed by atoms with Crippen LogP contribution in [0.2, 0.25) is 5.02 Å². The van der Waals surface area contributed by atoms with Crippen molar-refractivity contribution in [2.24, 2.45) is 0 Å². The second-order valence-corrected chi connectivity index (χ2v) is 5.92. The fourth-order valence-corrected chi connectivity index (χ4v) is 2.66.